The van der Waals surface area contributed by atoms with E-state index in [1.165, 1.54) is 24.3 Å². The molecule has 2 aromatic rings. The Morgan fingerprint density at radius 3 is 1.89 bits per heavy atom. The highest BCUT2D eigenvalue weighted by Gasteiger charge is 2.57. The van der Waals surface area contributed by atoms with E-state index >= 15 is 0 Å². The van der Waals surface area contributed by atoms with Crippen LogP contribution < -0.4 is 5.73 Å². The summed E-state index contributed by atoms with van der Waals surface area (Å²) in [6.07, 6.45) is 0. The van der Waals surface area contributed by atoms with Crippen molar-refractivity contribution in [3.63, 3.8) is 0 Å². The quantitative estimate of drug-likeness (QED) is 0.367. The van der Waals surface area contributed by atoms with Crippen LogP contribution in [-0.2, 0) is 9.59 Å². The van der Waals surface area contributed by atoms with E-state index in [0.29, 0.717) is 0 Å². The van der Waals surface area contributed by atoms with Crippen molar-refractivity contribution in [1.82, 2.24) is 0 Å². The van der Waals surface area contributed by atoms with Gasteiger partial charge in [0.25, 0.3) is 0 Å². The molecule has 0 radical (unpaired) electrons. The predicted molar refractivity (Wildman–Crippen MR) is 101 cm³/mol. The lowest BCUT2D eigenvalue weighted by Crippen LogP contribution is -2.66. The molecule has 0 fully saturated rings. The molecule has 7 heteroatoms. The summed E-state index contributed by atoms with van der Waals surface area (Å²) >= 11 is 12.2. The Hall–Kier alpha value is -2.60. The molecule has 0 saturated carbocycles. The van der Waals surface area contributed by atoms with Crippen LogP contribution in [0.5, 0.6) is 0 Å². The van der Waals surface area contributed by atoms with Crippen LogP contribution in [0.2, 0.25) is 0 Å². The zero-order chi connectivity index (χ0) is 19.8. The standard InChI is InChI=1S/C20H13Cl2NO4/c21-14-13(15(24)11-7-3-1-4-8-11)16(25)17(22)20(23,19(14)27)18(26)12-9-5-2-6-10-12/h1-10,17H,23H2. The minimum atomic E-state index is -2.39. The van der Waals surface area contributed by atoms with Gasteiger partial charge in [-0.2, -0.15) is 0 Å². The molecule has 3 rings (SSSR count). The summed E-state index contributed by atoms with van der Waals surface area (Å²) in [4.78, 5) is 51.1. The van der Waals surface area contributed by atoms with Crippen molar-refractivity contribution < 1.29 is 19.2 Å². The molecule has 0 heterocycles. The minimum absolute atomic E-state index is 0.106. The number of alkyl halides is 1. The van der Waals surface area contributed by atoms with Crippen LogP contribution in [-0.4, -0.2) is 34.0 Å². The maximum absolute atomic E-state index is 12.8. The van der Waals surface area contributed by atoms with Crippen LogP contribution in [0.3, 0.4) is 0 Å². The first-order chi connectivity index (χ1) is 12.8. The number of carbonyl (C=O) groups is 4. The van der Waals surface area contributed by atoms with Gasteiger partial charge in [-0.3, -0.25) is 19.2 Å². The topological polar surface area (TPSA) is 94.3 Å². The molecule has 27 heavy (non-hydrogen) atoms. The van der Waals surface area contributed by atoms with Gasteiger partial charge in [0.1, 0.15) is 10.4 Å². The van der Waals surface area contributed by atoms with E-state index in [-0.39, 0.29) is 11.1 Å². The number of benzene rings is 2. The summed E-state index contributed by atoms with van der Waals surface area (Å²) in [6.45, 7) is 0. The largest absolute Gasteiger partial charge is 0.310 e. The van der Waals surface area contributed by atoms with Gasteiger partial charge in [-0.25, -0.2) is 0 Å². The lowest BCUT2D eigenvalue weighted by atomic mass is 9.74. The average molecular weight is 402 g/mol. The lowest BCUT2D eigenvalue weighted by molar-refractivity contribution is -0.124. The lowest BCUT2D eigenvalue weighted by Gasteiger charge is -2.34. The van der Waals surface area contributed by atoms with Gasteiger partial charge in [0.05, 0.1) is 5.57 Å². The molecule has 2 atom stereocenters. The fourth-order valence-corrected chi connectivity index (χ4v) is 3.49. The molecule has 0 spiro atoms. The van der Waals surface area contributed by atoms with Crippen LogP contribution in [0.4, 0.5) is 0 Å². The number of nitrogens with two attached hydrogens (primary N) is 1. The molecule has 0 amide bonds. The van der Waals surface area contributed by atoms with Crippen LogP contribution in [0.1, 0.15) is 20.7 Å². The average Bonchev–Trinajstić information content (AvgIpc) is 2.71. The minimum Gasteiger partial charge on any atom is -0.310 e. The molecular weight excluding hydrogens is 389 g/mol. The van der Waals surface area contributed by atoms with Gasteiger partial charge in [-0.1, -0.05) is 72.3 Å². The van der Waals surface area contributed by atoms with Crippen molar-refractivity contribution in [3.05, 3.63) is 82.4 Å². The van der Waals surface area contributed by atoms with Crippen LogP contribution in [0, 0.1) is 0 Å². The summed E-state index contributed by atoms with van der Waals surface area (Å²) in [6, 6.07) is 15.6. The van der Waals surface area contributed by atoms with Crippen LogP contribution >= 0.6 is 23.2 Å². The van der Waals surface area contributed by atoms with Crippen molar-refractivity contribution in [2.75, 3.05) is 0 Å². The van der Waals surface area contributed by atoms with E-state index in [9.17, 15) is 19.2 Å². The number of ketones is 4. The van der Waals surface area contributed by atoms with Gasteiger partial charge >= 0.3 is 0 Å². The molecule has 2 aromatic carbocycles. The first kappa shape index (κ1) is 19.2. The van der Waals surface area contributed by atoms with Crippen molar-refractivity contribution >= 4 is 46.3 Å². The Bertz CT molecular complexity index is 986. The van der Waals surface area contributed by atoms with Crippen molar-refractivity contribution in [2.45, 2.75) is 10.9 Å². The van der Waals surface area contributed by atoms with Gasteiger partial charge in [0.2, 0.25) is 5.78 Å². The highest BCUT2D eigenvalue weighted by atomic mass is 35.5. The van der Waals surface area contributed by atoms with Crippen LogP contribution in [0.15, 0.2) is 71.3 Å². The third kappa shape index (κ3) is 3.04. The molecule has 5 nitrogen and oxygen atoms in total. The second-order valence-corrected chi connectivity index (χ2v) is 6.82. The van der Waals surface area contributed by atoms with E-state index in [4.69, 9.17) is 28.9 Å². The maximum Gasteiger partial charge on any atom is 0.204 e. The first-order valence-electron chi connectivity index (χ1n) is 7.91. The summed E-state index contributed by atoms with van der Waals surface area (Å²) in [5, 5.41) is -2.44. The Labute approximate surface area is 164 Å². The molecule has 0 aliphatic heterocycles. The first-order valence-corrected chi connectivity index (χ1v) is 8.73. The summed E-state index contributed by atoms with van der Waals surface area (Å²) in [5.41, 5.74) is 3.34. The van der Waals surface area contributed by atoms with Crippen molar-refractivity contribution in [2.24, 2.45) is 5.73 Å². The smallest absolute Gasteiger partial charge is 0.204 e. The second kappa shape index (κ2) is 7.19. The number of hydrogen-bond donors (Lipinski definition) is 1. The third-order valence-electron chi connectivity index (χ3n) is 4.35. The summed E-state index contributed by atoms with van der Waals surface area (Å²) in [7, 11) is 0. The van der Waals surface area contributed by atoms with Gasteiger partial charge in [-0.05, 0) is 0 Å². The molecule has 0 aromatic heterocycles. The monoisotopic (exact) mass is 401 g/mol. The van der Waals surface area contributed by atoms with E-state index in [1.807, 2.05) is 0 Å². The number of rotatable bonds is 4. The Morgan fingerprint density at radius 1 is 0.889 bits per heavy atom. The molecule has 0 saturated heterocycles. The number of Topliss-reactive ketones (excluding diaryl/α,β-unsaturated/α-hetero) is 4. The number of hydrogen-bond acceptors (Lipinski definition) is 5. The van der Waals surface area contributed by atoms with E-state index in [2.05, 4.69) is 0 Å². The normalized spacial score (nSPS) is 22.7. The highest BCUT2D eigenvalue weighted by molar-refractivity contribution is 6.58. The van der Waals surface area contributed by atoms with E-state index in [1.54, 1.807) is 36.4 Å². The second-order valence-electron chi connectivity index (χ2n) is 6.00. The predicted octanol–water partition coefficient (Wildman–Crippen LogP) is 2.70. The molecule has 1 aliphatic rings. The van der Waals surface area contributed by atoms with Gasteiger partial charge in [-0.15, -0.1) is 11.6 Å². The van der Waals surface area contributed by atoms with E-state index < -0.39 is 44.7 Å². The highest BCUT2D eigenvalue weighted by Crippen LogP contribution is 2.35. The molecular formula is C20H13Cl2NO4. The molecule has 136 valence electrons. The van der Waals surface area contributed by atoms with Gasteiger partial charge < -0.3 is 5.73 Å². The molecule has 2 unspecified atom stereocenters. The van der Waals surface area contributed by atoms with Gasteiger partial charge in [0.15, 0.2) is 22.9 Å². The van der Waals surface area contributed by atoms with Gasteiger partial charge in [0, 0.05) is 11.1 Å². The fourth-order valence-electron chi connectivity index (χ4n) is 2.84. The maximum atomic E-state index is 12.8. The SMILES string of the molecule is NC1(C(=O)c2ccccc2)C(=O)C(Cl)=C(C(=O)c2ccccc2)C(=O)C1Cl. The van der Waals surface area contributed by atoms with Crippen LogP contribution in [0.25, 0.3) is 0 Å². The fraction of sp³-hybridized carbons (Fsp3) is 0.100. The Morgan fingerprint density at radius 2 is 1.37 bits per heavy atom. The Balaban J connectivity index is 2.10. The Kier molecular flexibility index (Phi) is 5.11. The molecule has 0 bridgehead atoms. The molecule has 2 N–H and O–H groups in total. The number of allylic oxidation sites excluding steroid dienone is 1. The summed E-state index contributed by atoms with van der Waals surface area (Å²) in [5.74, 6) is -3.61. The molecule has 1 aliphatic carbocycles. The van der Waals surface area contributed by atoms with E-state index in [0.717, 1.165) is 0 Å². The number of carbonyl (C=O) groups excluding carboxylic acids is 4. The zero-order valence-corrected chi connectivity index (χ0v) is 15.3. The summed E-state index contributed by atoms with van der Waals surface area (Å²) < 4.78 is 0. The van der Waals surface area contributed by atoms with Crippen molar-refractivity contribution in [3.8, 4) is 0 Å². The van der Waals surface area contributed by atoms with Crippen molar-refractivity contribution in [1.29, 1.82) is 0 Å². The number of halogens is 2. The third-order valence-corrected chi connectivity index (χ3v) is 5.25. The zero-order valence-electron chi connectivity index (χ0n) is 13.8.